The number of carbonyl (C=O) groups is 1. The van der Waals surface area contributed by atoms with Crippen LogP contribution in [0.15, 0.2) is 0 Å². The molecule has 11 heavy (non-hydrogen) atoms. The van der Waals surface area contributed by atoms with E-state index in [0.29, 0.717) is 19.5 Å². The lowest BCUT2D eigenvalue weighted by atomic mass is 10.3. The van der Waals surface area contributed by atoms with Crippen LogP contribution in [0.2, 0.25) is 0 Å². The molecule has 0 aromatic carbocycles. The summed E-state index contributed by atoms with van der Waals surface area (Å²) < 4.78 is 0. The zero-order valence-electron chi connectivity index (χ0n) is 6.53. The summed E-state index contributed by atoms with van der Waals surface area (Å²) >= 11 is 0. The number of β-amino-alcohol motifs (C(OH)–C–C–N with tert-alkyl or cyclic N) is 1. The number of aliphatic hydroxyl groups excluding tert-OH is 1. The van der Waals surface area contributed by atoms with Crippen LogP contribution in [0, 0.1) is 0 Å². The van der Waals surface area contributed by atoms with E-state index in [-0.39, 0.29) is 6.10 Å². The molecule has 0 spiro atoms. The van der Waals surface area contributed by atoms with E-state index in [0.717, 1.165) is 0 Å². The lowest BCUT2D eigenvalue weighted by Gasteiger charge is -2.19. The maximum atomic E-state index is 10.5. The Kier molecular flexibility index (Phi) is 2.46. The average Bonchev–Trinajstić information content (AvgIpc) is 2.34. The van der Waals surface area contributed by atoms with Crippen molar-refractivity contribution in [1.82, 2.24) is 4.90 Å². The summed E-state index contributed by atoms with van der Waals surface area (Å²) in [5, 5.41) is 17.7. The van der Waals surface area contributed by atoms with Crippen LogP contribution in [-0.2, 0) is 4.79 Å². The summed E-state index contributed by atoms with van der Waals surface area (Å²) in [4.78, 5) is 12.2. The maximum Gasteiger partial charge on any atom is 0.320 e. The number of nitrogens with zero attached hydrogens (tertiary/aromatic N) is 1. The van der Waals surface area contributed by atoms with Crippen LogP contribution < -0.4 is 0 Å². The van der Waals surface area contributed by atoms with E-state index in [1.807, 2.05) is 0 Å². The highest BCUT2D eigenvalue weighted by atomic mass is 16.4. The van der Waals surface area contributed by atoms with Gasteiger partial charge < -0.3 is 10.2 Å². The van der Waals surface area contributed by atoms with Gasteiger partial charge in [-0.3, -0.25) is 9.69 Å². The Morgan fingerprint density at radius 1 is 1.73 bits per heavy atom. The third-order valence-corrected chi connectivity index (χ3v) is 2.10. The van der Waals surface area contributed by atoms with Crippen molar-refractivity contribution in [2.75, 3.05) is 13.1 Å². The van der Waals surface area contributed by atoms with Gasteiger partial charge in [-0.05, 0) is 13.3 Å². The van der Waals surface area contributed by atoms with E-state index in [4.69, 9.17) is 10.2 Å². The molecule has 0 bridgehead atoms. The van der Waals surface area contributed by atoms with Crippen molar-refractivity contribution in [3.05, 3.63) is 0 Å². The summed E-state index contributed by atoms with van der Waals surface area (Å²) in [6.07, 6.45) is 0.356. The van der Waals surface area contributed by atoms with Crippen LogP contribution in [0.5, 0.6) is 0 Å². The average molecular weight is 159 g/mol. The van der Waals surface area contributed by atoms with E-state index in [2.05, 4.69) is 0 Å². The van der Waals surface area contributed by atoms with Gasteiger partial charge in [0.2, 0.25) is 0 Å². The minimum absolute atomic E-state index is 0.336. The second kappa shape index (κ2) is 3.19. The standard InChI is InChI=1S/C7H13NO3/c1-5(7(10)11)8-3-2-6(9)4-8/h5-6,9H,2-4H2,1H3,(H,10,11)/t5-,6?/m0/s1. The molecule has 0 radical (unpaired) electrons. The van der Waals surface area contributed by atoms with Crippen molar-refractivity contribution in [3.63, 3.8) is 0 Å². The molecule has 0 amide bonds. The summed E-state index contributed by atoms with van der Waals surface area (Å²) in [5.74, 6) is -0.820. The molecule has 1 aliphatic heterocycles. The highest BCUT2D eigenvalue weighted by Crippen LogP contribution is 2.11. The van der Waals surface area contributed by atoms with Crippen LogP contribution >= 0.6 is 0 Å². The molecule has 1 fully saturated rings. The first-order valence-corrected chi connectivity index (χ1v) is 3.76. The number of hydrogen-bond donors (Lipinski definition) is 2. The third kappa shape index (κ3) is 1.91. The van der Waals surface area contributed by atoms with Gasteiger partial charge in [-0.15, -0.1) is 0 Å². The number of carboxylic acids is 1. The third-order valence-electron chi connectivity index (χ3n) is 2.10. The lowest BCUT2D eigenvalue weighted by molar-refractivity contribution is -0.142. The van der Waals surface area contributed by atoms with Gasteiger partial charge in [0.1, 0.15) is 6.04 Å². The predicted octanol–water partition coefficient (Wildman–Crippen LogP) is -0.474. The van der Waals surface area contributed by atoms with Gasteiger partial charge in [-0.2, -0.15) is 0 Å². The summed E-state index contributed by atoms with van der Waals surface area (Å²) in [6.45, 7) is 2.82. The Hall–Kier alpha value is -0.610. The molecule has 64 valence electrons. The van der Waals surface area contributed by atoms with Crippen molar-refractivity contribution in [1.29, 1.82) is 0 Å². The number of likely N-dealkylation sites (tertiary alicyclic amines) is 1. The smallest absolute Gasteiger partial charge is 0.320 e. The Balaban J connectivity index is 2.43. The summed E-state index contributed by atoms with van der Waals surface area (Å²) in [5.41, 5.74) is 0. The molecule has 4 nitrogen and oxygen atoms in total. The van der Waals surface area contributed by atoms with Crippen molar-refractivity contribution in [2.24, 2.45) is 0 Å². The first kappa shape index (κ1) is 8.49. The molecule has 0 aliphatic carbocycles. The number of aliphatic hydroxyl groups is 1. The second-order valence-corrected chi connectivity index (χ2v) is 2.95. The monoisotopic (exact) mass is 159 g/mol. The van der Waals surface area contributed by atoms with E-state index in [1.54, 1.807) is 11.8 Å². The topological polar surface area (TPSA) is 60.8 Å². The molecule has 0 aromatic rings. The van der Waals surface area contributed by atoms with Crippen LogP contribution in [-0.4, -0.2) is 46.3 Å². The number of rotatable bonds is 2. The molecule has 1 rings (SSSR count). The minimum Gasteiger partial charge on any atom is -0.480 e. The van der Waals surface area contributed by atoms with Crippen molar-refractivity contribution < 1.29 is 15.0 Å². The fourth-order valence-corrected chi connectivity index (χ4v) is 1.28. The van der Waals surface area contributed by atoms with Crippen LogP contribution in [0.3, 0.4) is 0 Å². The van der Waals surface area contributed by atoms with E-state index < -0.39 is 12.0 Å². The predicted molar refractivity (Wildman–Crippen MR) is 39.3 cm³/mol. The highest BCUT2D eigenvalue weighted by molar-refractivity contribution is 5.72. The van der Waals surface area contributed by atoms with Crippen molar-refractivity contribution in [2.45, 2.75) is 25.5 Å². The second-order valence-electron chi connectivity index (χ2n) is 2.95. The zero-order valence-corrected chi connectivity index (χ0v) is 6.53. The van der Waals surface area contributed by atoms with Gasteiger partial charge in [0.25, 0.3) is 0 Å². The SMILES string of the molecule is C[C@@H](C(=O)O)N1CCC(O)C1. The molecule has 4 heteroatoms. The molecule has 1 heterocycles. The molecule has 2 atom stereocenters. The molecule has 1 unspecified atom stereocenters. The van der Waals surface area contributed by atoms with Gasteiger partial charge in [0, 0.05) is 13.1 Å². The lowest BCUT2D eigenvalue weighted by Crippen LogP contribution is -2.37. The minimum atomic E-state index is -0.820. The molecule has 0 aromatic heterocycles. The number of carboxylic acid groups (broad SMARTS) is 1. The largest absolute Gasteiger partial charge is 0.480 e. The molecule has 2 N–H and O–H groups in total. The van der Waals surface area contributed by atoms with Gasteiger partial charge in [0.15, 0.2) is 0 Å². The van der Waals surface area contributed by atoms with Gasteiger partial charge in [-0.1, -0.05) is 0 Å². The van der Waals surface area contributed by atoms with E-state index >= 15 is 0 Å². The fraction of sp³-hybridized carbons (Fsp3) is 0.857. The van der Waals surface area contributed by atoms with Gasteiger partial charge in [0.05, 0.1) is 6.10 Å². The quantitative estimate of drug-likeness (QED) is 0.571. The maximum absolute atomic E-state index is 10.5. The molecule has 1 aliphatic rings. The van der Waals surface area contributed by atoms with E-state index in [9.17, 15) is 4.79 Å². The number of hydrogen-bond acceptors (Lipinski definition) is 3. The number of aliphatic carboxylic acids is 1. The van der Waals surface area contributed by atoms with Crippen LogP contribution in [0.1, 0.15) is 13.3 Å². The first-order valence-electron chi connectivity index (χ1n) is 3.76. The first-order chi connectivity index (χ1) is 5.11. The van der Waals surface area contributed by atoms with E-state index in [1.165, 1.54) is 0 Å². The highest BCUT2D eigenvalue weighted by Gasteiger charge is 2.27. The summed E-state index contributed by atoms with van der Waals surface area (Å²) in [6, 6.07) is -0.466. The zero-order chi connectivity index (χ0) is 8.43. The molecular formula is C7H13NO3. The normalized spacial score (nSPS) is 28.7. The van der Waals surface area contributed by atoms with Crippen LogP contribution in [0.4, 0.5) is 0 Å². The summed E-state index contributed by atoms with van der Waals surface area (Å²) in [7, 11) is 0. The molecule has 1 saturated heterocycles. The van der Waals surface area contributed by atoms with Gasteiger partial charge >= 0.3 is 5.97 Å². The molecular weight excluding hydrogens is 146 g/mol. The van der Waals surface area contributed by atoms with Crippen LogP contribution in [0.25, 0.3) is 0 Å². The Morgan fingerprint density at radius 2 is 2.36 bits per heavy atom. The fourth-order valence-electron chi connectivity index (χ4n) is 1.28. The Bertz CT molecular complexity index is 160. The Morgan fingerprint density at radius 3 is 2.73 bits per heavy atom. The van der Waals surface area contributed by atoms with Crippen molar-refractivity contribution in [3.8, 4) is 0 Å². The molecule has 0 saturated carbocycles. The Labute approximate surface area is 65.4 Å². The van der Waals surface area contributed by atoms with Gasteiger partial charge in [-0.25, -0.2) is 0 Å². The van der Waals surface area contributed by atoms with Crippen molar-refractivity contribution >= 4 is 5.97 Å².